The Morgan fingerprint density at radius 3 is 2.67 bits per heavy atom. The normalized spacial score (nSPS) is 11.5. The minimum atomic E-state index is -3.65. The first kappa shape index (κ1) is 19.8. The number of carbonyl (C=O) groups excluding carboxylic acids is 1. The average molecular weight is 422 g/mol. The molecule has 27 heavy (non-hydrogen) atoms. The van der Waals surface area contributed by atoms with E-state index in [9.17, 15) is 13.2 Å². The van der Waals surface area contributed by atoms with Gasteiger partial charge in [-0.3, -0.25) is 4.79 Å². The van der Waals surface area contributed by atoms with E-state index >= 15 is 0 Å². The number of sulfonamides is 1. The zero-order valence-corrected chi connectivity index (χ0v) is 17.3. The van der Waals surface area contributed by atoms with Gasteiger partial charge in [-0.25, -0.2) is 13.1 Å². The highest BCUT2D eigenvalue weighted by molar-refractivity contribution is 7.89. The average Bonchev–Trinajstić information content (AvgIpc) is 3.33. The number of aryl methyl sites for hydroxylation is 1. The van der Waals surface area contributed by atoms with Gasteiger partial charge in [0.05, 0.1) is 16.4 Å². The Morgan fingerprint density at radius 2 is 2.00 bits per heavy atom. The maximum Gasteiger partial charge on any atom is 0.240 e. The summed E-state index contributed by atoms with van der Waals surface area (Å²) < 4.78 is 33.1. The largest absolute Gasteiger partial charge is 0.494 e. The van der Waals surface area contributed by atoms with Gasteiger partial charge in [-0.1, -0.05) is 0 Å². The topological polar surface area (TPSA) is 72.5 Å². The lowest BCUT2D eigenvalue weighted by molar-refractivity contribution is 0.104. The molecule has 1 N–H and O–H groups in total. The molecule has 0 spiro atoms. The van der Waals surface area contributed by atoms with Crippen LogP contribution in [0.4, 0.5) is 0 Å². The van der Waals surface area contributed by atoms with Crippen molar-refractivity contribution in [3.63, 3.8) is 0 Å². The number of hydrogen-bond donors (Lipinski definition) is 1. The Kier molecular flexibility index (Phi) is 6.11. The molecule has 0 radical (unpaired) electrons. The predicted octanol–water partition coefficient (Wildman–Crippen LogP) is 4.23. The fraction of sp³-hybridized carbons (Fsp3) is 0.211. The van der Waals surface area contributed by atoms with Crippen LogP contribution in [0.5, 0.6) is 5.75 Å². The van der Waals surface area contributed by atoms with Gasteiger partial charge in [-0.2, -0.15) is 11.3 Å². The van der Waals surface area contributed by atoms with Crippen LogP contribution in [0.1, 0.15) is 32.6 Å². The molecule has 142 valence electrons. The van der Waals surface area contributed by atoms with Gasteiger partial charge in [0.15, 0.2) is 0 Å². The summed E-state index contributed by atoms with van der Waals surface area (Å²) in [6.45, 7) is 4.35. The third-order valence-corrected chi connectivity index (χ3v) is 7.03. The molecule has 0 saturated heterocycles. The van der Waals surface area contributed by atoms with Crippen molar-refractivity contribution in [2.24, 2.45) is 0 Å². The second-order valence-corrected chi connectivity index (χ2v) is 9.51. The zero-order valence-electron chi connectivity index (χ0n) is 14.9. The Morgan fingerprint density at radius 1 is 1.19 bits per heavy atom. The highest BCUT2D eigenvalue weighted by Crippen LogP contribution is 2.24. The minimum absolute atomic E-state index is 0.0440. The van der Waals surface area contributed by atoms with Crippen LogP contribution in [-0.4, -0.2) is 20.8 Å². The van der Waals surface area contributed by atoms with Crippen LogP contribution in [0.25, 0.3) is 0 Å². The van der Waals surface area contributed by atoms with Crippen LogP contribution in [0.3, 0.4) is 0 Å². The summed E-state index contributed by atoms with van der Waals surface area (Å²) in [4.78, 5) is 13.9. The van der Waals surface area contributed by atoms with Crippen molar-refractivity contribution in [2.75, 3.05) is 6.61 Å². The number of carbonyl (C=O) groups is 1. The molecule has 0 atom stereocenters. The maximum atomic E-state index is 12.5. The first-order chi connectivity index (χ1) is 12.9. The van der Waals surface area contributed by atoms with Gasteiger partial charge < -0.3 is 4.74 Å². The molecule has 0 amide bonds. The summed E-state index contributed by atoms with van der Waals surface area (Å²) >= 11 is 2.76. The van der Waals surface area contributed by atoms with E-state index in [4.69, 9.17) is 4.74 Å². The van der Waals surface area contributed by atoms with Crippen LogP contribution in [0.2, 0.25) is 0 Å². The SMILES string of the molecule is CCOc1ccc(S(=O)(=O)NCc2ccc(C(=O)c3ccsc3)s2)cc1C. The van der Waals surface area contributed by atoms with Gasteiger partial charge >= 0.3 is 0 Å². The number of ether oxygens (including phenoxy) is 1. The number of ketones is 1. The van der Waals surface area contributed by atoms with Crippen LogP contribution in [0, 0.1) is 6.92 Å². The highest BCUT2D eigenvalue weighted by Gasteiger charge is 2.17. The fourth-order valence-electron chi connectivity index (χ4n) is 2.49. The molecule has 1 aromatic carbocycles. The van der Waals surface area contributed by atoms with Crippen molar-refractivity contribution in [3.8, 4) is 5.75 Å². The molecule has 3 aromatic rings. The molecule has 0 unspecified atom stereocenters. The number of thiophene rings is 2. The second-order valence-electron chi connectivity index (χ2n) is 5.79. The van der Waals surface area contributed by atoms with E-state index in [-0.39, 0.29) is 17.2 Å². The molecular formula is C19H19NO4S3. The van der Waals surface area contributed by atoms with Crippen LogP contribution >= 0.6 is 22.7 Å². The van der Waals surface area contributed by atoms with E-state index in [1.807, 2.05) is 19.2 Å². The summed E-state index contributed by atoms with van der Waals surface area (Å²) in [5, 5.41) is 3.66. The quantitative estimate of drug-likeness (QED) is 0.553. The molecule has 2 aromatic heterocycles. The van der Waals surface area contributed by atoms with E-state index in [0.717, 1.165) is 10.4 Å². The fourth-order valence-corrected chi connectivity index (χ4v) is 5.22. The summed E-state index contributed by atoms with van der Waals surface area (Å²) in [6, 6.07) is 10.1. The van der Waals surface area contributed by atoms with Crippen molar-refractivity contribution in [2.45, 2.75) is 25.3 Å². The van der Waals surface area contributed by atoms with Crippen LogP contribution < -0.4 is 9.46 Å². The van der Waals surface area contributed by atoms with Gasteiger partial charge in [-0.05, 0) is 61.2 Å². The smallest absolute Gasteiger partial charge is 0.240 e. The molecule has 0 fully saturated rings. The molecule has 3 rings (SSSR count). The van der Waals surface area contributed by atoms with E-state index in [0.29, 0.717) is 22.8 Å². The highest BCUT2D eigenvalue weighted by atomic mass is 32.2. The molecule has 0 aliphatic rings. The molecule has 0 aliphatic heterocycles. The van der Waals surface area contributed by atoms with Crippen molar-refractivity contribution in [3.05, 3.63) is 68.0 Å². The maximum absolute atomic E-state index is 12.5. The Bertz CT molecular complexity index is 1040. The molecule has 0 aliphatic carbocycles. The number of nitrogens with one attached hydrogen (secondary N) is 1. The number of rotatable bonds is 8. The van der Waals surface area contributed by atoms with E-state index in [1.165, 1.54) is 28.7 Å². The monoisotopic (exact) mass is 421 g/mol. The summed E-state index contributed by atoms with van der Waals surface area (Å²) in [7, 11) is -3.65. The molecule has 8 heteroatoms. The minimum Gasteiger partial charge on any atom is -0.494 e. The molecule has 5 nitrogen and oxygen atoms in total. The molecule has 0 saturated carbocycles. The lowest BCUT2D eigenvalue weighted by Crippen LogP contribution is -2.22. The third kappa shape index (κ3) is 4.65. The first-order valence-corrected chi connectivity index (χ1v) is 11.5. The van der Waals surface area contributed by atoms with Crippen molar-refractivity contribution in [1.82, 2.24) is 4.72 Å². The van der Waals surface area contributed by atoms with Crippen molar-refractivity contribution in [1.29, 1.82) is 0 Å². The Balaban J connectivity index is 1.69. The number of hydrogen-bond acceptors (Lipinski definition) is 6. The van der Waals surface area contributed by atoms with Gasteiger partial charge in [0.2, 0.25) is 15.8 Å². The molecule has 0 bridgehead atoms. The Hall–Kier alpha value is -2.00. The van der Waals surface area contributed by atoms with Crippen molar-refractivity contribution < 1.29 is 17.9 Å². The summed E-state index contributed by atoms with van der Waals surface area (Å²) in [6.07, 6.45) is 0. The van der Waals surface area contributed by atoms with Crippen LogP contribution in [-0.2, 0) is 16.6 Å². The van der Waals surface area contributed by atoms with E-state index in [1.54, 1.807) is 35.7 Å². The van der Waals surface area contributed by atoms with E-state index in [2.05, 4.69) is 4.72 Å². The van der Waals surface area contributed by atoms with Gasteiger partial charge in [0, 0.05) is 22.4 Å². The lowest BCUT2D eigenvalue weighted by atomic mass is 10.2. The molecular weight excluding hydrogens is 402 g/mol. The summed E-state index contributed by atoms with van der Waals surface area (Å²) in [5.41, 5.74) is 1.42. The van der Waals surface area contributed by atoms with E-state index < -0.39 is 10.0 Å². The second kappa shape index (κ2) is 8.35. The van der Waals surface area contributed by atoms with Crippen molar-refractivity contribution >= 4 is 38.5 Å². The number of benzene rings is 1. The zero-order chi connectivity index (χ0) is 19.4. The van der Waals surface area contributed by atoms with Crippen LogP contribution in [0.15, 0.2) is 52.1 Å². The lowest BCUT2D eigenvalue weighted by Gasteiger charge is -2.10. The first-order valence-electron chi connectivity index (χ1n) is 8.29. The summed E-state index contributed by atoms with van der Waals surface area (Å²) in [5.74, 6) is 0.629. The van der Waals surface area contributed by atoms with Gasteiger partial charge in [0.1, 0.15) is 5.75 Å². The molecule has 2 heterocycles. The third-order valence-electron chi connectivity index (χ3n) is 3.86. The van der Waals surface area contributed by atoms with Gasteiger partial charge in [0.25, 0.3) is 0 Å². The van der Waals surface area contributed by atoms with Gasteiger partial charge in [-0.15, -0.1) is 11.3 Å². The Labute approximate surface area is 166 Å². The standard InChI is InChI=1S/C19H19NO4S3/c1-3-24-17-6-5-16(10-13(17)2)27(22,23)20-11-15-4-7-18(26-15)19(21)14-8-9-25-12-14/h4-10,12,20H,3,11H2,1-2H3. The predicted molar refractivity (Wildman–Crippen MR) is 108 cm³/mol.